The van der Waals surface area contributed by atoms with Gasteiger partial charge >= 0.3 is 0 Å². The van der Waals surface area contributed by atoms with Crippen molar-refractivity contribution >= 4 is 11.8 Å². The molecule has 1 aromatic carbocycles. The molecule has 0 atom stereocenters. The third kappa shape index (κ3) is 6.82. The van der Waals surface area contributed by atoms with E-state index in [1.807, 2.05) is 40.1 Å². The van der Waals surface area contributed by atoms with Crippen LogP contribution in [0.3, 0.4) is 0 Å². The summed E-state index contributed by atoms with van der Waals surface area (Å²) in [6.07, 6.45) is 0. The quantitative estimate of drug-likeness (QED) is 0.805. The van der Waals surface area contributed by atoms with Crippen LogP contribution in [0.2, 0.25) is 0 Å². The van der Waals surface area contributed by atoms with Crippen molar-refractivity contribution < 1.29 is 9.59 Å². The van der Waals surface area contributed by atoms with Crippen LogP contribution in [0.15, 0.2) is 18.2 Å². The van der Waals surface area contributed by atoms with Gasteiger partial charge < -0.3 is 15.5 Å². The van der Waals surface area contributed by atoms with Crippen LogP contribution in [-0.4, -0.2) is 50.4 Å². The van der Waals surface area contributed by atoms with Crippen LogP contribution in [0.4, 0.5) is 0 Å². The minimum absolute atomic E-state index is 0.0101. The van der Waals surface area contributed by atoms with Gasteiger partial charge in [0.15, 0.2) is 0 Å². The second-order valence-electron chi connectivity index (χ2n) is 7.16. The number of aryl methyl sites for hydroxylation is 2. The van der Waals surface area contributed by atoms with Crippen LogP contribution in [0.1, 0.15) is 35.3 Å². The van der Waals surface area contributed by atoms with Crippen LogP contribution < -0.4 is 10.6 Å². The fourth-order valence-electron chi connectivity index (χ4n) is 2.46. The minimum atomic E-state index is -0.226. The Labute approximate surface area is 139 Å². The molecule has 0 aromatic heterocycles. The first-order chi connectivity index (χ1) is 10.6. The van der Waals surface area contributed by atoms with E-state index in [-0.39, 0.29) is 23.8 Å². The van der Waals surface area contributed by atoms with E-state index in [9.17, 15) is 9.59 Å². The van der Waals surface area contributed by atoms with Gasteiger partial charge in [-0.2, -0.15) is 0 Å². The van der Waals surface area contributed by atoms with Gasteiger partial charge in [-0.1, -0.05) is 19.9 Å². The smallest absolute Gasteiger partial charge is 0.251 e. The monoisotopic (exact) mass is 319 g/mol. The summed E-state index contributed by atoms with van der Waals surface area (Å²) in [6, 6.07) is 5.52. The second kappa shape index (κ2) is 8.11. The molecule has 0 fully saturated rings. The summed E-state index contributed by atoms with van der Waals surface area (Å²) >= 11 is 0. The summed E-state index contributed by atoms with van der Waals surface area (Å²) in [5.74, 6) is -0.398. The first-order valence-electron chi connectivity index (χ1n) is 7.87. The first kappa shape index (κ1) is 19.2. The van der Waals surface area contributed by atoms with E-state index in [0.29, 0.717) is 12.1 Å². The highest BCUT2D eigenvalue weighted by Crippen LogP contribution is 2.14. The molecule has 0 bridgehead atoms. The van der Waals surface area contributed by atoms with Crippen LogP contribution in [0.5, 0.6) is 0 Å². The molecule has 0 saturated carbocycles. The van der Waals surface area contributed by atoms with Gasteiger partial charge in [0.2, 0.25) is 5.91 Å². The number of carbonyl (C=O) groups is 2. The molecular weight excluding hydrogens is 290 g/mol. The Bertz CT molecular complexity index is 565. The predicted molar refractivity (Wildman–Crippen MR) is 93.6 cm³/mol. The lowest BCUT2D eigenvalue weighted by atomic mass is 9.93. The molecule has 0 aliphatic carbocycles. The first-order valence-corrected chi connectivity index (χ1v) is 7.87. The lowest BCUT2D eigenvalue weighted by molar-refractivity contribution is -0.120. The van der Waals surface area contributed by atoms with Gasteiger partial charge in [-0.25, -0.2) is 0 Å². The van der Waals surface area contributed by atoms with Crippen molar-refractivity contribution in [1.82, 2.24) is 15.5 Å². The van der Waals surface area contributed by atoms with E-state index in [0.717, 1.165) is 17.7 Å². The van der Waals surface area contributed by atoms with Crippen molar-refractivity contribution in [2.45, 2.75) is 27.7 Å². The summed E-state index contributed by atoms with van der Waals surface area (Å²) in [5.41, 5.74) is 2.76. The number of nitrogens with one attached hydrogen (secondary N) is 2. The summed E-state index contributed by atoms with van der Waals surface area (Å²) in [7, 11) is 4.01. The van der Waals surface area contributed by atoms with Gasteiger partial charge in [0.1, 0.15) is 0 Å². The summed E-state index contributed by atoms with van der Waals surface area (Å²) in [4.78, 5) is 26.0. The molecule has 0 radical (unpaired) electrons. The minimum Gasteiger partial charge on any atom is -0.354 e. The van der Waals surface area contributed by atoms with Crippen molar-refractivity contribution in [3.05, 3.63) is 34.9 Å². The zero-order chi connectivity index (χ0) is 17.6. The molecule has 5 heteroatoms. The molecule has 0 saturated heterocycles. The number of benzene rings is 1. The summed E-state index contributed by atoms with van der Waals surface area (Å²) < 4.78 is 0. The third-order valence-corrected chi connectivity index (χ3v) is 3.69. The Balaban J connectivity index is 2.43. The van der Waals surface area contributed by atoms with Gasteiger partial charge in [0.05, 0.1) is 6.54 Å². The van der Waals surface area contributed by atoms with Crippen molar-refractivity contribution in [2.75, 3.05) is 33.7 Å². The Hall–Kier alpha value is -1.88. The highest BCUT2D eigenvalue weighted by molar-refractivity contribution is 5.96. The highest BCUT2D eigenvalue weighted by Gasteiger charge is 2.19. The average molecular weight is 319 g/mol. The predicted octanol–water partition coefficient (Wildman–Crippen LogP) is 1.74. The van der Waals surface area contributed by atoms with Gasteiger partial charge in [0.25, 0.3) is 5.91 Å². The van der Waals surface area contributed by atoms with Crippen LogP contribution in [0.25, 0.3) is 0 Å². The molecule has 0 heterocycles. The van der Waals surface area contributed by atoms with E-state index >= 15 is 0 Å². The molecule has 23 heavy (non-hydrogen) atoms. The van der Waals surface area contributed by atoms with E-state index < -0.39 is 0 Å². The van der Waals surface area contributed by atoms with E-state index in [1.165, 1.54) is 0 Å². The van der Waals surface area contributed by atoms with Crippen molar-refractivity contribution in [3.8, 4) is 0 Å². The lowest BCUT2D eigenvalue weighted by Crippen LogP contribution is -2.43. The Morgan fingerprint density at radius 3 is 2.30 bits per heavy atom. The van der Waals surface area contributed by atoms with E-state index in [4.69, 9.17) is 0 Å². The van der Waals surface area contributed by atoms with Crippen LogP contribution in [0, 0.1) is 19.3 Å². The van der Waals surface area contributed by atoms with Crippen LogP contribution >= 0.6 is 0 Å². The molecule has 2 N–H and O–H groups in total. The van der Waals surface area contributed by atoms with Crippen molar-refractivity contribution in [2.24, 2.45) is 5.41 Å². The molecule has 0 aliphatic rings. The zero-order valence-corrected chi connectivity index (χ0v) is 15.1. The fraction of sp³-hybridized carbons (Fsp3) is 0.556. The molecule has 0 spiro atoms. The molecule has 0 unspecified atom stereocenters. The molecule has 128 valence electrons. The molecule has 0 aliphatic heterocycles. The Morgan fingerprint density at radius 1 is 1.09 bits per heavy atom. The number of carbonyl (C=O) groups excluding carboxylic acids is 2. The SMILES string of the molecule is Cc1ccc(C(=O)NCC(=O)NCC(C)(C)CN(C)C)cc1C. The van der Waals surface area contributed by atoms with Gasteiger partial charge in [-0.15, -0.1) is 0 Å². The fourth-order valence-corrected chi connectivity index (χ4v) is 2.46. The molecule has 1 rings (SSSR count). The maximum absolute atomic E-state index is 12.1. The number of hydrogen-bond donors (Lipinski definition) is 2. The maximum Gasteiger partial charge on any atom is 0.251 e. The Morgan fingerprint density at radius 2 is 1.74 bits per heavy atom. The maximum atomic E-state index is 12.1. The summed E-state index contributed by atoms with van der Waals surface area (Å²) in [6.45, 7) is 9.60. The molecule has 1 aromatic rings. The van der Waals surface area contributed by atoms with Crippen molar-refractivity contribution in [3.63, 3.8) is 0 Å². The van der Waals surface area contributed by atoms with Gasteiger partial charge in [-0.05, 0) is 56.6 Å². The summed E-state index contributed by atoms with van der Waals surface area (Å²) in [5, 5.41) is 5.54. The van der Waals surface area contributed by atoms with Crippen molar-refractivity contribution in [1.29, 1.82) is 0 Å². The zero-order valence-electron chi connectivity index (χ0n) is 15.1. The topological polar surface area (TPSA) is 61.4 Å². The number of nitrogens with zero attached hydrogens (tertiary/aromatic N) is 1. The molecule has 5 nitrogen and oxygen atoms in total. The number of rotatable bonds is 7. The van der Waals surface area contributed by atoms with Gasteiger partial charge in [0, 0.05) is 18.7 Å². The normalized spacial score (nSPS) is 11.4. The molecular formula is C18H29N3O2. The standard InChI is InChI=1S/C18H29N3O2/c1-13-7-8-15(9-14(13)2)17(23)19-10-16(22)20-11-18(3,4)12-21(5)6/h7-9H,10-12H2,1-6H3,(H,19,23)(H,20,22). The second-order valence-corrected chi connectivity index (χ2v) is 7.16. The lowest BCUT2D eigenvalue weighted by Gasteiger charge is -2.28. The third-order valence-electron chi connectivity index (χ3n) is 3.69. The number of hydrogen-bond acceptors (Lipinski definition) is 3. The van der Waals surface area contributed by atoms with Crippen LogP contribution in [-0.2, 0) is 4.79 Å². The van der Waals surface area contributed by atoms with E-state index in [1.54, 1.807) is 6.07 Å². The highest BCUT2D eigenvalue weighted by atomic mass is 16.2. The molecule has 2 amide bonds. The largest absolute Gasteiger partial charge is 0.354 e. The average Bonchev–Trinajstić information content (AvgIpc) is 2.44. The Kier molecular flexibility index (Phi) is 6.76. The number of amides is 2. The van der Waals surface area contributed by atoms with Gasteiger partial charge in [-0.3, -0.25) is 9.59 Å². The van der Waals surface area contributed by atoms with E-state index in [2.05, 4.69) is 29.4 Å².